The summed E-state index contributed by atoms with van der Waals surface area (Å²) in [6.45, 7) is 4.13. The van der Waals surface area contributed by atoms with Crippen LogP contribution in [0.3, 0.4) is 0 Å². The van der Waals surface area contributed by atoms with Gasteiger partial charge in [-0.15, -0.1) is 0 Å². The number of para-hydroxylation sites is 1. The molecular weight excluding hydrogens is 320 g/mol. The first-order chi connectivity index (χ1) is 12.1. The van der Waals surface area contributed by atoms with Crippen molar-refractivity contribution in [1.29, 1.82) is 0 Å². The third kappa shape index (κ3) is 4.82. The van der Waals surface area contributed by atoms with E-state index in [1.807, 2.05) is 23.1 Å². The Morgan fingerprint density at radius 3 is 2.52 bits per heavy atom. The molecule has 1 fully saturated rings. The van der Waals surface area contributed by atoms with Crippen molar-refractivity contribution in [2.75, 3.05) is 33.3 Å². The Labute approximate surface area is 148 Å². The number of allylic oxidation sites excluding steroid dienone is 1. The van der Waals surface area contributed by atoms with Gasteiger partial charge in [0.1, 0.15) is 11.8 Å². The van der Waals surface area contributed by atoms with Gasteiger partial charge in [-0.3, -0.25) is 14.5 Å². The molecule has 1 aromatic rings. The smallest absolute Gasteiger partial charge is 0.324 e. The predicted octanol–water partition coefficient (Wildman–Crippen LogP) is 2.26. The van der Waals surface area contributed by atoms with Crippen LogP contribution in [-0.4, -0.2) is 66.1 Å². The molecule has 1 aliphatic heterocycles. The fourth-order valence-electron chi connectivity index (χ4n) is 2.95. The van der Waals surface area contributed by atoms with Crippen molar-refractivity contribution in [3.63, 3.8) is 0 Å². The summed E-state index contributed by atoms with van der Waals surface area (Å²) in [5.41, 5.74) is 0.538. The van der Waals surface area contributed by atoms with Gasteiger partial charge in [-0.1, -0.05) is 37.6 Å². The van der Waals surface area contributed by atoms with Crippen LogP contribution >= 0.6 is 0 Å². The summed E-state index contributed by atoms with van der Waals surface area (Å²) < 4.78 is 5.26. The van der Waals surface area contributed by atoms with E-state index in [-0.39, 0.29) is 5.91 Å². The summed E-state index contributed by atoms with van der Waals surface area (Å²) in [5, 5.41) is 9.46. The molecule has 2 rings (SSSR count). The van der Waals surface area contributed by atoms with Gasteiger partial charge in [-0.25, -0.2) is 0 Å². The molecule has 1 heterocycles. The lowest BCUT2D eigenvalue weighted by atomic mass is 10.1. The average molecular weight is 346 g/mol. The number of piperazine rings is 1. The molecule has 0 spiro atoms. The predicted molar refractivity (Wildman–Crippen MR) is 95.9 cm³/mol. The van der Waals surface area contributed by atoms with Gasteiger partial charge < -0.3 is 14.7 Å². The van der Waals surface area contributed by atoms with Crippen molar-refractivity contribution in [2.24, 2.45) is 0 Å². The van der Waals surface area contributed by atoms with E-state index < -0.39 is 12.0 Å². The van der Waals surface area contributed by atoms with Gasteiger partial charge in [0.2, 0.25) is 0 Å². The minimum atomic E-state index is -0.850. The number of carbonyl (C=O) groups excluding carboxylic acids is 1. The maximum atomic E-state index is 12.7. The molecule has 6 heteroatoms. The number of benzene rings is 1. The summed E-state index contributed by atoms with van der Waals surface area (Å²) >= 11 is 0. The topological polar surface area (TPSA) is 70.1 Å². The Morgan fingerprint density at radius 1 is 1.24 bits per heavy atom. The molecule has 0 aliphatic carbocycles. The van der Waals surface area contributed by atoms with E-state index in [4.69, 9.17) is 4.74 Å². The molecular formula is C19H26N2O4. The number of hydrogen-bond acceptors (Lipinski definition) is 4. The summed E-state index contributed by atoms with van der Waals surface area (Å²) in [6.07, 6.45) is 5.54. The van der Waals surface area contributed by atoms with Gasteiger partial charge in [0, 0.05) is 26.2 Å². The van der Waals surface area contributed by atoms with Gasteiger partial charge in [-0.2, -0.15) is 0 Å². The number of ether oxygens (including phenoxy) is 1. The second kappa shape index (κ2) is 9.22. The Kier molecular flexibility index (Phi) is 7.01. The molecule has 0 radical (unpaired) electrons. The van der Waals surface area contributed by atoms with Crippen LogP contribution in [0.5, 0.6) is 5.75 Å². The maximum absolute atomic E-state index is 12.7. The van der Waals surface area contributed by atoms with Crippen LogP contribution in [0.25, 0.3) is 0 Å². The van der Waals surface area contributed by atoms with E-state index >= 15 is 0 Å². The molecule has 1 aliphatic rings. The highest BCUT2D eigenvalue weighted by Crippen LogP contribution is 2.20. The lowest BCUT2D eigenvalue weighted by Crippen LogP contribution is -2.53. The molecule has 1 saturated heterocycles. The number of methoxy groups -OCH3 is 1. The third-order valence-corrected chi connectivity index (χ3v) is 4.36. The molecule has 0 aromatic heterocycles. The lowest BCUT2D eigenvalue weighted by Gasteiger charge is -2.37. The second-order valence-corrected chi connectivity index (χ2v) is 6.03. The number of aliphatic carboxylic acids is 1. The number of carbonyl (C=O) groups is 2. The quantitative estimate of drug-likeness (QED) is 0.767. The molecule has 136 valence electrons. The van der Waals surface area contributed by atoms with E-state index in [1.54, 1.807) is 30.2 Å². The molecule has 0 bridgehead atoms. The molecule has 1 amide bonds. The first-order valence-corrected chi connectivity index (χ1v) is 8.64. The molecule has 1 aromatic carbocycles. The summed E-state index contributed by atoms with van der Waals surface area (Å²) in [4.78, 5) is 27.9. The molecule has 1 unspecified atom stereocenters. The standard InChI is InChI=1S/C19H26N2O4/c1-3-4-5-9-16(19(23)24)20-11-13-21(14-12-20)18(22)15-8-6-7-10-17(15)25-2/h5-10,16H,3-4,11-14H2,1-2H3,(H,23,24)/b9-5+. The van der Waals surface area contributed by atoms with Crippen molar-refractivity contribution < 1.29 is 19.4 Å². The fourth-order valence-corrected chi connectivity index (χ4v) is 2.95. The highest BCUT2D eigenvalue weighted by Gasteiger charge is 2.29. The van der Waals surface area contributed by atoms with E-state index in [9.17, 15) is 14.7 Å². The van der Waals surface area contributed by atoms with Crippen molar-refractivity contribution in [2.45, 2.75) is 25.8 Å². The van der Waals surface area contributed by atoms with Gasteiger partial charge >= 0.3 is 5.97 Å². The molecule has 1 atom stereocenters. The van der Waals surface area contributed by atoms with E-state index in [0.717, 1.165) is 12.8 Å². The monoisotopic (exact) mass is 346 g/mol. The number of rotatable bonds is 7. The number of nitrogens with zero attached hydrogens (tertiary/aromatic N) is 2. The number of unbranched alkanes of at least 4 members (excludes halogenated alkanes) is 1. The van der Waals surface area contributed by atoms with Crippen molar-refractivity contribution >= 4 is 11.9 Å². The average Bonchev–Trinajstić information content (AvgIpc) is 2.64. The number of hydrogen-bond donors (Lipinski definition) is 1. The minimum absolute atomic E-state index is 0.0782. The van der Waals surface area contributed by atoms with Crippen LogP contribution in [0, 0.1) is 0 Å². The van der Waals surface area contributed by atoms with Gasteiger partial charge in [0.15, 0.2) is 0 Å². The van der Waals surface area contributed by atoms with Crippen LogP contribution < -0.4 is 4.74 Å². The first kappa shape index (κ1) is 19.0. The van der Waals surface area contributed by atoms with Crippen LogP contribution in [0.15, 0.2) is 36.4 Å². The maximum Gasteiger partial charge on any atom is 0.324 e. The number of carboxylic acids is 1. The SMILES string of the molecule is CCC/C=C/C(C(=O)O)N1CCN(C(=O)c2ccccc2OC)CC1. The Hall–Kier alpha value is -2.34. The zero-order valence-corrected chi connectivity index (χ0v) is 14.9. The van der Waals surface area contributed by atoms with Crippen molar-refractivity contribution in [3.8, 4) is 5.75 Å². The van der Waals surface area contributed by atoms with Crippen LogP contribution in [0.1, 0.15) is 30.1 Å². The Balaban J connectivity index is 2.00. The van der Waals surface area contributed by atoms with E-state index in [1.165, 1.54) is 0 Å². The van der Waals surface area contributed by atoms with Crippen LogP contribution in [0.2, 0.25) is 0 Å². The molecule has 1 N–H and O–H groups in total. The van der Waals surface area contributed by atoms with Gasteiger partial charge in [0.25, 0.3) is 5.91 Å². The second-order valence-electron chi connectivity index (χ2n) is 6.03. The van der Waals surface area contributed by atoms with Gasteiger partial charge in [-0.05, 0) is 18.6 Å². The van der Waals surface area contributed by atoms with Crippen molar-refractivity contribution in [1.82, 2.24) is 9.80 Å². The number of amides is 1. The lowest BCUT2D eigenvalue weighted by molar-refractivity contribution is -0.141. The normalized spacial score (nSPS) is 16.8. The Bertz CT molecular complexity index is 622. The third-order valence-electron chi connectivity index (χ3n) is 4.36. The summed E-state index contributed by atoms with van der Waals surface area (Å²) in [7, 11) is 1.55. The summed E-state index contributed by atoms with van der Waals surface area (Å²) in [6, 6.07) is 6.53. The van der Waals surface area contributed by atoms with E-state index in [0.29, 0.717) is 37.5 Å². The van der Waals surface area contributed by atoms with Crippen molar-refractivity contribution in [3.05, 3.63) is 42.0 Å². The number of carboxylic acid groups (broad SMARTS) is 1. The minimum Gasteiger partial charge on any atom is -0.496 e. The van der Waals surface area contributed by atoms with Crippen LogP contribution in [0.4, 0.5) is 0 Å². The zero-order valence-electron chi connectivity index (χ0n) is 14.9. The summed E-state index contributed by atoms with van der Waals surface area (Å²) in [5.74, 6) is -0.372. The van der Waals surface area contributed by atoms with Gasteiger partial charge in [0.05, 0.1) is 12.7 Å². The zero-order chi connectivity index (χ0) is 18.2. The van der Waals surface area contributed by atoms with E-state index in [2.05, 4.69) is 6.92 Å². The first-order valence-electron chi connectivity index (χ1n) is 8.64. The Morgan fingerprint density at radius 2 is 1.92 bits per heavy atom. The molecule has 25 heavy (non-hydrogen) atoms. The fraction of sp³-hybridized carbons (Fsp3) is 0.474. The van der Waals surface area contributed by atoms with Crippen LogP contribution in [-0.2, 0) is 4.79 Å². The molecule has 6 nitrogen and oxygen atoms in total. The largest absolute Gasteiger partial charge is 0.496 e. The highest BCUT2D eigenvalue weighted by molar-refractivity contribution is 5.97. The molecule has 0 saturated carbocycles. The highest BCUT2D eigenvalue weighted by atomic mass is 16.5.